The molecular formula is C33H56N2O8. The number of epoxide rings is 1. The molecule has 1 saturated heterocycles. The lowest BCUT2D eigenvalue weighted by Crippen LogP contribution is -2.45. The van der Waals surface area contributed by atoms with Gasteiger partial charge in [-0.2, -0.15) is 0 Å². The molecule has 2 aliphatic rings. The van der Waals surface area contributed by atoms with Crippen molar-refractivity contribution in [2.45, 2.75) is 116 Å². The number of cyclic esters (lactones) is 1. The summed E-state index contributed by atoms with van der Waals surface area (Å²) in [5.41, 5.74) is -0.652. The number of likely N-dealkylation sites (N-methyl/N-ethyl adjacent to an activating group) is 1. The average Bonchev–Trinajstić information content (AvgIpc) is 3.69. The zero-order valence-corrected chi connectivity index (χ0v) is 27.4. The first-order valence-corrected chi connectivity index (χ1v) is 15.7. The van der Waals surface area contributed by atoms with Gasteiger partial charge < -0.3 is 39.7 Å². The Hall–Kier alpha value is -2.24. The Bertz CT molecular complexity index is 978. The number of aliphatic hydroxyl groups is 3. The molecule has 1 amide bonds. The van der Waals surface area contributed by atoms with Crippen molar-refractivity contribution in [3.8, 4) is 0 Å². The summed E-state index contributed by atoms with van der Waals surface area (Å²) in [4.78, 5) is 27.2. The summed E-state index contributed by atoms with van der Waals surface area (Å²) >= 11 is 0. The van der Waals surface area contributed by atoms with E-state index < -0.39 is 36.0 Å². The molecule has 10 heteroatoms. The van der Waals surface area contributed by atoms with Crippen molar-refractivity contribution < 1.29 is 39.1 Å². The van der Waals surface area contributed by atoms with E-state index >= 15 is 0 Å². The summed E-state index contributed by atoms with van der Waals surface area (Å²) in [6.45, 7) is 12.5. The second-order valence-corrected chi connectivity index (χ2v) is 12.9. The first-order chi connectivity index (χ1) is 20.1. The second-order valence-electron chi connectivity index (χ2n) is 12.9. The first kappa shape index (κ1) is 36.9. The minimum Gasteiger partial charge on any atom is -0.457 e. The Kier molecular flexibility index (Phi) is 14.9. The van der Waals surface area contributed by atoms with Gasteiger partial charge in [0, 0.05) is 24.9 Å². The lowest BCUT2D eigenvalue weighted by Gasteiger charge is -2.32. The molecule has 2 aliphatic heterocycles. The van der Waals surface area contributed by atoms with Gasteiger partial charge in [-0.3, -0.25) is 4.79 Å². The Morgan fingerprint density at radius 2 is 2.00 bits per heavy atom. The first-order valence-electron chi connectivity index (χ1n) is 15.7. The molecule has 10 nitrogen and oxygen atoms in total. The van der Waals surface area contributed by atoms with Crippen LogP contribution in [-0.2, 0) is 19.0 Å². The van der Waals surface area contributed by atoms with Crippen LogP contribution in [0.4, 0.5) is 4.79 Å². The highest BCUT2D eigenvalue weighted by Gasteiger charge is 2.45. The zero-order valence-electron chi connectivity index (χ0n) is 27.4. The zero-order chi connectivity index (χ0) is 32.3. The SMILES string of the molecule is CCC(O)C(C)C1OC1CC(C)C=CC=C(C)C1OC(=O)CC(O)CCC(C)(O)C(OC(=O)NCCN(C)C)C=CC1C. The third kappa shape index (κ3) is 12.7. The van der Waals surface area contributed by atoms with E-state index in [1.165, 1.54) is 0 Å². The van der Waals surface area contributed by atoms with Gasteiger partial charge in [0.05, 0.1) is 30.8 Å². The Balaban J connectivity index is 2.14. The lowest BCUT2D eigenvalue weighted by molar-refractivity contribution is -0.151. The normalized spacial score (nSPS) is 32.8. The third-order valence-electron chi connectivity index (χ3n) is 8.40. The maximum Gasteiger partial charge on any atom is 0.407 e. The molecule has 10 unspecified atom stereocenters. The van der Waals surface area contributed by atoms with Crippen LogP contribution in [0.1, 0.15) is 73.6 Å². The number of rotatable bonds is 12. The van der Waals surface area contributed by atoms with E-state index in [0.717, 1.165) is 12.0 Å². The summed E-state index contributed by atoms with van der Waals surface area (Å²) in [6, 6.07) is 0. The van der Waals surface area contributed by atoms with Gasteiger partial charge in [-0.15, -0.1) is 0 Å². The van der Waals surface area contributed by atoms with Crippen molar-refractivity contribution >= 4 is 12.1 Å². The van der Waals surface area contributed by atoms with Gasteiger partial charge >= 0.3 is 12.1 Å². The van der Waals surface area contributed by atoms with Crippen molar-refractivity contribution in [1.82, 2.24) is 10.2 Å². The minimum absolute atomic E-state index is 0.0967. The maximum absolute atomic E-state index is 12.7. The monoisotopic (exact) mass is 608 g/mol. The van der Waals surface area contributed by atoms with Crippen molar-refractivity contribution in [1.29, 1.82) is 0 Å². The smallest absolute Gasteiger partial charge is 0.407 e. The number of nitrogens with zero attached hydrogens (tertiary/aromatic N) is 1. The van der Waals surface area contributed by atoms with Crippen molar-refractivity contribution in [3.05, 3.63) is 36.0 Å². The quantitative estimate of drug-likeness (QED) is 0.113. The molecule has 246 valence electrons. The van der Waals surface area contributed by atoms with Crippen LogP contribution in [0.15, 0.2) is 36.0 Å². The van der Waals surface area contributed by atoms with E-state index in [1.54, 1.807) is 19.1 Å². The van der Waals surface area contributed by atoms with Gasteiger partial charge in [-0.1, -0.05) is 52.0 Å². The predicted octanol–water partition coefficient (Wildman–Crippen LogP) is 3.75. The highest BCUT2D eigenvalue weighted by atomic mass is 16.6. The molecular weight excluding hydrogens is 552 g/mol. The average molecular weight is 609 g/mol. The summed E-state index contributed by atoms with van der Waals surface area (Å²) in [7, 11) is 3.80. The van der Waals surface area contributed by atoms with Crippen LogP contribution in [0, 0.1) is 17.8 Å². The van der Waals surface area contributed by atoms with Crippen LogP contribution in [0.5, 0.6) is 0 Å². The molecule has 2 rings (SSSR count). The van der Waals surface area contributed by atoms with Crippen LogP contribution >= 0.6 is 0 Å². The van der Waals surface area contributed by atoms with Gasteiger partial charge in [0.1, 0.15) is 11.7 Å². The molecule has 0 spiro atoms. The summed E-state index contributed by atoms with van der Waals surface area (Å²) < 4.78 is 17.3. The number of allylic oxidation sites excluding steroid dienone is 3. The molecule has 0 aromatic rings. The maximum atomic E-state index is 12.7. The summed E-state index contributed by atoms with van der Waals surface area (Å²) in [5, 5.41) is 34.5. The van der Waals surface area contributed by atoms with E-state index in [4.69, 9.17) is 14.2 Å². The Morgan fingerprint density at radius 1 is 1.30 bits per heavy atom. The topological polar surface area (TPSA) is 141 Å². The molecule has 0 aliphatic carbocycles. The molecule has 2 heterocycles. The minimum atomic E-state index is -1.46. The van der Waals surface area contributed by atoms with E-state index in [-0.39, 0.29) is 55.3 Å². The number of amides is 1. The molecule has 0 saturated carbocycles. The van der Waals surface area contributed by atoms with Crippen molar-refractivity contribution in [2.24, 2.45) is 17.8 Å². The van der Waals surface area contributed by atoms with Gasteiger partial charge in [-0.05, 0) is 71.2 Å². The molecule has 10 atom stereocenters. The number of esters is 1. The number of carbonyl (C=O) groups is 2. The highest BCUT2D eigenvalue weighted by molar-refractivity contribution is 5.70. The summed E-state index contributed by atoms with van der Waals surface area (Å²) in [5.74, 6) is -0.464. The van der Waals surface area contributed by atoms with Gasteiger partial charge in [-0.25, -0.2) is 4.79 Å². The number of carbonyl (C=O) groups excluding carboxylic acids is 2. The molecule has 0 aromatic carbocycles. The highest BCUT2D eigenvalue weighted by Crippen LogP contribution is 2.36. The van der Waals surface area contributed by atoms with E-state index in [9.17, 15) is 24.9 Å². The van der Waals surface area contributed by atoms with Crippen LogP contribution in [0.2, 0.25) is 0 Å². The largest absolute Gasteiger partial charge is 0.457 e. The second kappa shape index (κ2) is 17.3. The number of nitrogens with one attached hydrogen (secondary N) is 1. The van der Waals surface area contributed by atoms with E-state index in [1.807, 2.05) is 58.8 Å². The fourth-order valence-electron chi connectivity index (χ4n) is 5.33. The predicted molar refractivity (Wildman–Crippen MR) is 166 cm³/mol. The molecule has 0 aromatic heterocycles. The van der Waals surface area contributed by atoms with Crippen molar-refractivity contribution in [3.63, 3.8) is 0 Å². The number of hydrogen-bond acceptors (Lipinski definition) is 9. The van der Waals surface area contributed by atoms with Crippen LogP contribution in [0.3, 0.4) is 0 Å². The lowest BCUT2D eigenvalue weighted by atomic mass is 9.88. The van der Waals surface area contributed by atoms with Gasteiger partial charge in [0.15, 0.2) is 6.10 Å². The van der Waals surface area contributed by atoms with Crippen LogP contribution in [0.25, 0.3) is 0 Å². The fraction of sp³-hybridized carbons (Fsp3) is 0.758. The standard InChI is InChI=1S/C33H56N2O8/c1-9-26(37)24(5)31-27(41-31)19-21(2)11-10-12-22(3)30-23(4)13-14-28(42-32(39)34-17-18-35(7)8)33(6,40)16-15-25(36)20-29(38)43-30/h10-14,21,23-28,30-31,36-37,40H,9,15-20H2,1-8H3,(H,34,39). The van der Waals surface area contributed by atoms with Crippen molar-refractivity contribution in [2.75, 3.05) is 27.2 Å². The molecule has 0 radical (unpaired) electrons. The molecule has 4 N–H and O–H groups in total. The summed E-state index contributed by atoms with van der Waals surface area (Å²) in [6.07, 6.45) is 7.64. The third-order valence-corrected chi connectivity index (χ3v) is 8.40. The van der Waals surface area contributed by atoms with E-state index in [2.05, 4.69) is 18.3 Å². The Morgan fingerprint density at radius 3 is 2.65 bits per heavy atom. The number of ether oxygens (including phenoxy) is 3. The number of hydrogen-bond donors (Lipinski definition) is 4. The van der Waals surface area contributed by atoms with E-state index in [0.29, 0.717) is 19.5 Å². The van der Waals surface area contributed by atoms with Crippen LogP contribution < -0.4 is 5.32 Å². The number of aliphatic hydroxyl groups excluding tert-OH is 2. The molecule has 43 heavy (non-hydrogen) atoms. The molecule has 0 bridgehead atoms. The van der Waals surface area contributed by atoms with Gasteiger partial charge in [0.2, 0.25) is 0 Å². The number of alkyl carbamates (subject to hydrolysis) is 1. The Labute approximate surface area is 258 Å². The fourth-order valence-corrected chi connectivity index (χ4v) is 5.33. The van der Waals surface area contributed by atoms with Gasteiger partial charge in [0.25, 0.3) is 0 Å². The molecule has 1 fully saturated rings. The van der Waals surface area contributed by atoms with Crippen LogP contribution in [-0.4, -0.2) is 102 Å².